The standard InChI is InChI=1S/C19H15FN4O2S/c20-17-15(10-11-16-18(17)22-23-19(16)21)12-6-8-13(9-7-12)24-27(25,26)14-4-2-1-3-5-14/h1-11,24H,(H3,21,22,23). The predicted octanol–water partition coefficient (Wildman–Crippen LogP) is 3.75. The van der Waals surface area contributed by atoms with E-state index in [0.717, 1.165) is 0 Å². The van der Waals surface area contributed by atoms with Gasteiger partial charge in [0.2, 0.25) is 0 Å². The van der Waals surface area contributed by atoms with Crippen molar-refractivity contribution < 1.29 is 12.8 Å². The van der Waals surface area contributed by atoms with Crippen LogP contribution in [0, 0.1) is 5.82 Å². The van der Waals surface area contributed by atoms with Crippen LogP contribution < -0.4 is 10.5 Å². The van der Waals surface area contributed by atoms with E-state index in [4.69, 9.17) is 5.73 Å². The SMILES string of the molecule is Nc1n[nH]c2c(F)c(-c3ccc(NS(=O)(=O)c4ccccc4)cc3)ccc12. The van der Waals surface area contributed by atoms with Gasteiger partial charge >= 0.3 is 0 Å². The Bertz CT molecular complexity index is 1220. The fraction of sp³-hybridized carbons (Fsp3) is 0. The van der Waals surface area contributed by atoms with Crippen LogP contribution in [0.1, 0.15) is 0 Å². The van der Waals surface area contributed by atoms with Crippen molar-refractivity contribution in [3.05, 3.63) is 72.5 Å². The fourth-order valence-electron chi connectivity index (χ4n) is 2.83. The molecule has 0 radical (unpaired) electrons. The molecule has 0 atom stereocenters. The summed E-state index contributed by atoms with van der Waals surface area (Å²) >= 11 is 0. The number of hydrogen-bond donors (Lipinski definition) is 3. The average Bonchev–Trinajstić information content (AvgIpc) is 3.05. The largest absolute Gasteiger partial charge is 0.382 e. The number of fused-ring (bicyclic) bond motifs is 1. The predicted molar refractivity (Wildman–Crippen MR) is 103 cm³/mol. The number of rotatable bonds is 4. The number of aromatic amines is 1. The molecule has 0 bridgehead atoms. The minimum Gasteiger partial charge on any atom is -0.382 e. The highest BCUT2D eigenvalue weighted by molar-refractivity contribution is 7.92. The monoisotopic (exact) mass is 382 g/mol. The van der Waals surface area contributed by atoms with Gasteiger partial charge in [0.25, 0.3) is 10.0 Å². The molecule has 0 saturated carbocycles. The molecule has 27 heavy (non-hydrogen) atoms. The highest BCUT2D eigenvalue weighted by atomic mass is 32.2. The molecule has 0 unspecified atom stereocenters. The molecule has 0 aliphatic heterocycles. The summed E-state index contributed by atoms with van der Waals surface area (Å²) in [6.07, 6.45) is 0. The van der Waals surface area contributed by atoms with E-state index >= 15 is 0 Å². The third-order valence-electron chi connectivity index (χ3n) is 4.21. The Morgan fingerprint density at radius 2 is 1.67 bits per heavy atom. The zero-order chi connectivity index (χ0) is 19.0. The molecule has 0 amide bonds. The molecule has 6 nitrogen and oxygen atoms in total. The number of aromatic nitrogens is 2. The van der Waals surface area contributed by atoms with E-state index in [-0.39, 0.29) is 16.2 Å². The van der Waals surface area contributed by atoms with Gasteiger partial charge in [0.15, 0.2) is 11.6 Å². The van der Waals surface area contributed by atoms with Crippen molar-refractivity contribution in [2.24, 2.45) is 0 Å². The lowest BCUT2D eigenvalue weighted by molar-refractivity contribution is 0.601. The molecular formula is C19H15FN4O2S. The van der Waals surface area contributed by atoms with Gasteiger partial charge in [-0.3, -0.25) is 9.82 Å². The van der Waals surface area contributed by atoms with E-state index in [9.17, 15) is 12.8 Å². The van der Waals surface area contributed by atoms with Crippen molar-refractivity contribution >= 4 is 32.4 Å². The summed E-state index contributed by atoms with van der Waals surface area (Å²) in [5.41, 5.74) is 7.27. The van der Waals surface area contributed by atoms with E-state index in [2.05, 4.69) is 14.9 Å². The molecule has 1 aromatic heterocycles. The van der Waals surface area contributed by atoms with Crippen molar-refractivity contribution in [3.8, 4) is 11.1 Å². The number of hydrogen-bond acceptors (Lipinski definition) is 4. The van der Waals surface area contributed by atoms with Crippen molar-refractivity contribution in [3.63, 3.8) is 0 Å². The quantitative estimate of drug-likeness (QED) is 0.500. The van der Waals surface area contributed by atoms with Crippen LogP contribution in [-0.2, 0) is 10.0 Å². The van der Waals surface area contributed by atoms with E-state index in [1.54, 1.807) is 54.6 Å². The van der Waals surface area contributed by atoms with Gasteiger partial charge in [-0.25, -0.2) is 12.8 Å². The third-order valence-corrected chi connectivity index (χ3v) is 5.60. The van der Waals surface area contributed by atoms with Crippen molar-refractivity contribution in [2.45, 2.75) is 4.90 Å². The number of anilines is 2. The summed E-state index contributed by atoms with van der Waals surface area (Å²) in [7, 11) is -3.68. The van der Waals surface area contributed by atoms with Gasteiger partial charge in [-0.05, 0) is 35.9 Å². The van der Waals surface area contributed by atoms with Crippen molar-refractivity contribution in [2.75, 3.05) is 10.5 Å². The molecule has 1 heterocycles. The lowest BCUT2D eigenvalue weighted by atomic mass is 10.0. The Morgan fingerprint density at radius 1 is 0.963 bits per heavy atom. The summed E-state index contributed by atoms with van der Waals surface area (Å²) in [5, 5.41) is 6.91. The fourth-order valence-corrected chi connectivity index (χ4v) is 3.91. The molecule has 136 valence electrons. The van der Waals surface area contributed by atoms with Gasteiger partial charge in [-0.2, -0.15) is 5.10 Å². The van der Waals surface area contributed by atoms with Gasteiger partial charge < -0.3 is 5.73 Å². The molecule has 3 aromatic carbocycles. The maximum Gasteiger partial charge on any atom is 0.261 e. The summed E-state index contributed by atoms with van der Waals surface area (Å²) in [6, 6.07) is 17.8. The minimum absolute atomic E-state index is 0.169. The highest BCUT2D eigenvalue weighted by Gasteiger charge is 2.15. The third kappa shape index (κ3) is 3.11. The molecule has 0 saturated heterocycles. The van der Waals surface area contributed by atoms with E-state index in [0.29, 0.717) is 22.2 Å². The lowest BCUT2D eigenvalue weighted by Gasteiger charge is -2.09. The smallest absolute Gasteiger partial charge is 0.261 e. The first-order chi connectivity index (χ1) is 13.0. The Hall–Kier alpha value is -3.39. The second kappa shape index (κ2) is 6.40. The van der Waals surface area contributed by atoms with Crippen LogP contribution in [-0.4, -0.2) is 18.6 Å². The van der Waals surface area contributed by atoms with E-state index in [1.165, 1.54) is 12.1 Å². The summed E-state index contributed by atoms with van der Waals surface area (Å²) in [5.74, 6) is -0.226. The lowest BCUT2D eigenvalue weighted by Crippen LogP contribution is -2.12. The van der Waals surface area contributed by atoms with Crippen molar-refractivity contribution in [1.82, 2.24) is 10.2 Å². The second-order valence-electron chi connectivity index (χ2n) is 5.95. The number of nitrogen functional groups attached to an aromatic ring is 1. The van der Waals surface area contributed by atoms with Crippen LogP contribution in [0.3, 0.4) is 0 Å². The number of nitrogens with one attached hydrogen (secondary N) is 2. The summed E-state index contributed by atoms with van der Waals surface area (Å²) < 4.78 is 42.0. The average molecular weight is 382 g/mol. The Kier molecular flexibility index (Phi) is 4.04. The molecule has 4 aromatic rings. The van der Waals surface area contributed by atoms with Crippen LogP contribution >= 0.6 is 0 Å². The van der Waals surface area contributed by atoms with Gasteiger partial charge in [0, 0.05) is 16.6 Å². The summed E-state index contributed by atoms with van der Waals surface area (Å²) in [4.78, 5) is 0.169. The normalized spacial score (nSPS) is 11.6. The van der Waals surface area contributed by atoms with Gasteiger partial charge in [0.05, 0.1) is 4.90 Å². The van der Waals surface area contributed by atoms with Crippen LogP contribution in [0.15, 0.2) is 71.6 Å². The maximum absolute atomic E-state index is 14.7. The van der Waals surface area contributed by atoms with Gasteiger partial charge in [0.1, 0.15) is 5.52 Å². The van der Waals surface area contributed by atoms with Gasteiger partial charge in [-0.1, -0.05) is 36.4 Å². The zero-order valence-electron chi connectivity index (χ0n) is 14.0. The maximum atomic E-state index is 14.7. The van der Waals surface area contributed by atoms with Crippen molar-refractivity contribution in [1.29, 1.82) is 0 Å². The first-order valence-electron chi connectivity index (χ1n) is 8.06. The Morgan fingerprint density at radius 3 is 2.37 bits per heavy atom. The molecule has 0 spiro atoms. The van der Waals surface area contributed by atoms with Crippen LogP contribution in [0.4, 0.5) is 15.9 Å². The van der Waals surface area contributed by atoms with Crippen LogP contribution in [0.5, 0.6) is 0 Å². The number of halogens is 1. The van der Waals surface area contributed by atoms with Crippen LogP contribution in [0.2, 0.25) is 0 Å². The summed E-state index contributed by atoms with van der Waals surface area (Å²) in [6.45, 7) is 0. The minimum atomic E-state index is -3.68. The second-order valence-corrected chi connectivity index (χ2v) is 7.64. The van der Waals surface area contributed by atoms with E-state index in [1.807, 2.05) is 0 Å². The topological polar surface area (TPSA) is 101 Å². The molecule has 0 aliphatic carbocycles. The first-order valence-corrected chi connectivity index (χ1v) is 9.54. The molecular weight excluding hydrogens is 367 g/mol. The zero-order valence-corrected chi connectivity index (χ0v) is 14.8. The Labute approximate surface area is 154 Å². The number of benzene rings is 3. The molecule has 4 N–H and O–H groups in total. The van der Waals surface area contributed by atoms with Gasteiger partial charge in [-0.15, -0.1) is 0 Å². The highest BCUT2D eigenvalue weighted by Crippen LogP contribution is 2.30. The number of nitrogens with zero attached hydrogens (tertiary/aromatic N) is 1. The number of nitrogens with two attached hydrogens (primary N) is 1. The van der Waals surface area contributed by atoms with E-state index < -0.39 is 15.8 Å². The molecule has 0 fully saturated rings. The number of H-pyrrole nitrogens is 1. The van der Waals surface area contributed by atoms with Crippen LogP contribution in [0.25, 0.3) is 22.0 Å². The Balaban J connectivity index is 1.64. The molecule has 0 aliphatic rings. The molecule has 4 rings (SSSR count). The molecule has 8 heteroatoms. The first kappa shape index (κ1) is 17.0. The number of sulfonamides is 1.